The predicted octanol–water partition coefficient (Wildman–Crippen LogP) is 3.53. The van der Waals surface area contributed by atoms with Crippen molar-refractivity contribution in [1.82, 2.24) is 5.32 Å². The van der Waals surface area contributed by atoms with Gasteiger partial charge >= 0.3 is 0 Å². The van der Waals surface area contributed by atoms with E-state index in [1.54, 1.807) is 18.2 Å². The minimum Gasteiger partial charge on any atom is -0.340 e. The maximum absolute atomic E-state index is 13.2. The summed E-state index contributed by atoms with van der Waals surface area (Å²) >= 11 is 0. The zero-order valence-electron chi connectivity index (χ0n) is 14.0. The van der Waals surface area contributed by atoms with Crippen molar-refractivity contribution in [2.45, 2.75) is 26.8 Å². The van der Waals surface area contributed by atoms with Crippen LogP contribution in [-0.2, 0) is 4.79 Å². The molecule has 0 spiro atoms. The third-order valence-corrected chi connectivity index (χ3v) is 3.72. The van der Waals surface area contributed by atoms with E-state index in [1.165, 1.54) is 18.2 Å². The first kappa shape index (κ1) is 17.7. The third-order valence-electron chi connectivity index (χ3n) is 3.72. The molecule has 0 aliphatic carbocycles. The zero-order valence-corrected chi connectivity index (χ0v) is 14.0. The Morgan fingerprint density at radius 3 is 2.38 bits per heavy atom. The van der Waals surface area contributed by atoms with Gasteiger partial charge in [-0.15, -0.1) is 0 Å². The van der Waals surface area contributed by atoms with Gasteiger partial charge in [-0.1, -0.05) is 38.1 Å². The Balaban J connectivity index is 2.13. The summed E-state index contributed by atoms with van der Waals surface area (Å²) in [5, 5.41) is 5.41. The van der Waals surface area contributed by atoms with Crippen LogP contribution in [0.2, 0.25) is 0 Å². The van der Waals surface area contributed by atoms with E-state index < -0.39 is 11.9 Å². The van der Waals surface area contributed by atoms with E-state index in [1.807, 2.05) is 32.9 Å². The molecule has 2 rings (SSSR count). The number of anilines is 1. The highest BCUT2D eigenvalue weighted by atomic mass is 19.1. The topological polar surface area (TPSA) is 58.2 Å². The van der Waals surface area contributed by atoms with E-state index in [9.17, 15) is 14.0 Å². The second kappa shape index (κ2) is 7.73. The fourth-order valence-corrected chi connectivity index (χ4v) is 2.37. The Kier molecular flexibility index (Phi) is 5.68. The monoisotopic (exact) mass is 328 g/mol. The van der Waals surface area contributed by atoms with E-state index in [0.717, 1.165) is 5.56 Å². The second-order valence-corrected chi connectivity index (χ2v) is 6.01. The fourth-order valence-electron chi connectivity index (χ4n) is 2.37. The Bertz CT molecular complexity index is 744. The van der Waals surface area contributed by atoms with Gasteiger partial charge in [0.15, 0.2) is 0 Å². The summed E-state index contributed by atoms with van der Waals surface area (Å²) in [7, 11) is 0. The molecule has 0 aliphatic rings. The third kappa shape index (κ3) is 4.41. The molecule has 0 aliphatic heterocycles. The first-order valence-corrected chi connectivity index (χ1v) is 7.81. The quantitative estimate of drug-likeness (QED) is 0.882. The maximum Gasteiger partial charge on any atom is 0.252 e. The Morgan fingerprint density at radius 1 is 1.04 bits per heavy atom. The average molecular weight is 328 g/mol. The van der Waals surface area contributed by atoms with Crippen LogP contribution in [0.4, 0.5) is 10.1 Å². The number of benzene rings is 2. The van der Waals surface area contributed by atoms with Crippen molar-refractivity contribution >= 4 is 17.5 Å². The van der Waals surface area contributed by atoms with Crippen LogP contribution in [0.1, 0.15) is 29.8 Å². The number of halogens is 1. The molecule has 1 unspecified atom stereocenters. The second-order valence-electron chi connectivity index (χ2n) is 6.01. The van der Waals surface area contributed by atoms with Crippen molar-refractivity contribution in [1.29, 1.82) is 0 Å². The first-order valence-electron chi connectivity index (χ1n) is 7.81. The lowest BCUT2D eigenvalue weighted by atomic mass is 10.0. The van der Waals surface area contributed by atoms with Gasteiger partial charge in [-0.05, 0) is 42.7 Å². The minimum absolute atomic E-state index is 0.119. The average Bonchev–Trinajstić information content (AvgIpc) is 2.52. The van der Waals surface area contributed by atoms with Gasteiger partial charge in [0.05, 0.1) is 0 Å². The maximum atomic E-state index is 13.2. The molecule has 126 valence electrons. The Morgan fingerprint density at radius 2 is 1.75 bits per heavy atom. The van der Waals surface area contributed by atoms with Crippen LogP contribution in [0.15, 0.2) is 48.5 Å². The van der Waals surface area contributed by atoms with Gasteiger partial charge in [0.2, 0.25) is 5.91 Å². The number of nitrogens with one attached hydrogen (secondary N) is 2. The van der Waals surface area contributed by atoms with Gasteiger partial charge in [-0.25, -0.2) is 4.39 Å². The minimum atomic E-state index is -0.722. The summed E-state index contributed by atoms with van der Waals surface area (Å²) in [6.45, 7) is 5.52. The van der Waals surface area contributed by atoms with E-state index in [0.29, 0.717) is 11.3 Å². The zero-order chi connectivity index (χ0) is 17.7. The Labute approximate surface area is 141 Å². The van der Waals surface area contributed by atoms with Crippen LogP contribution >= 0.6 is 0 Å². The van der Waals surface area contributed by atoms with Crippen molar-refractivity contribution in [3.63, 3.8) is 0 Å². The molecule has 0 heterocycles. The molecule has 1 atom stereocenters. The number of rotatable bonds is 5. The first-order chi connectivity index (χ1) is 11.4. The van der Waals surface area contributed by atoms with E-state index in [4.69, 9.17) is 0 Å². The number of aryl methyl sites for hydroxylation is 1. The summed E-state index contributed by atoms with van der Waals surface area (Å²) in [4.78, 5) is 24.9. The molecule has 24 heavy (non-hydrogen) atoms. The SMILES string of the molecule is Cc1ccccc1C(=O)NC(C(=O)Nc1cccc(F)c1)C(C)C. The number of carbonyl (C=O) groups is 2. The molecule has 2 amide bonds. The molecule has 2 aromatic rings. The molecule has 4 nitrogen and oxygen atoms in total. The summed E-state index contributed by atoms with van der Waals surface area (Å²) in [6, 6.07) is 12.1. The highest BCUT2D eigenvalue weighted by Gasteiger charge is 2.25. The molecule has 0 aromatic heterocycles. The number of carbonyl (C=O) groups excluding carboxylic acids is 2. The smallest absolute Gasteiger partial charge is 0.252 e. The van der Waals surface area contributed by atoms with Gasteiger partial charge in [0.25, 0.3) is 5.91 Å². The van der Waals surface area contributed by atoms with E-state index in [-0.39, 0.29) is 17.7 Å². The highest BCUT2D eigenvalue weighted by molar-refractivity contribution is 6.01. The summed E-state index contributed by atoms with van der Waals surface area (Å²) < 4.78 is 13.2. The van der Waals surface area contributed by atoms with E-state index in [2.05, 4.69) is 10.6 Å². The lowest BCUT2D eigenvalue weighted by molar-refractivity contribution is -0.118. The molecule has 2 N–H and O–H groups in total. The van der Waals surface area contributed by atoms with Crippen LogP contribution in [0.5, 0.6) is 0 Å². The van der Waals surface area contributed by atoms with Crippen molar-refractivity contribution in [3.05, 3.63) is 65.5 Å². The normalized spacial score (nSPS) is 11.9. The lowest BCUT2D eigenvalue weighted by Gasteiger charge is -2.22. The largest absolute Gasteiger partial charge is 0.340 e. The standard InChI is InChI=1S/C19H21FN2O2/c1-12(2)17(19(24)21-15-9-6-8-14(20)11-15)22-18(23)16-10-5-4-7-13(16)3/h4-12,17H,1-3H3,(H,21,24)(H,22,23). The van der Waals surface area contributed by atoms with Gasteiger partial charge in [-0.2, -0.15) is 0 Å². The molecular formula is C19H21FN2O2. The van der Waals surface area contributed by atoms with Crippen molar-refractivity contribution in [2.75, 3.05) is 5.32 Å². The van der Waals surface area contributed by atoms with Gasteiger partial charge in [0.1, 0.15) is 11.9 Å². The van der Waals surface area contributed by atoms with Gasteiger partial charge in [0, 0.05) is 11.3 Å². The van der Waals surface area contributed by atoms with Gasteiger partial charge in [-0.3, -0.25) is 9.59 Å². The molecule has 0 radical (unpaired) electrons. The predicted molar refractivity (Wildman–Crippen MR) is 92.3 cm³/mol. The number of hydrogen-bond acceptors (Lipinski definition) is 2. The van der Waals surface area contributed by atoms with Gasteiger partial charge < -0.3 is 10.6 Å². The molecule has 5 heteroatoms. The Hall–Kier alpha value is -2.69. The molecular weight excluding hydrogens is 307 g/mol. The molecule has 0 saturated heterocycles. The van der Waals surface area contributed by atoms with Crippen LogP contribution in [-0.4, -0.2) is 17.9 Å². The molecule has 0 saturated carbocycles. The highest BCUT2D eigenvalue weighted by Crippen LogP contribution is 2.13. The number of amides is 2. The van der Waals surface area contributed by atoms with Crippen LogP contribution in [0.25, 0.3) is 0 Å². The van der Waals surface area contributed by atoms with Crippen LogP contribution in [0.3, 0.4) is 0 Å². The lowest BCUT2D eigenvalue weighted by Crippen LogP contribution is -2.47. The summed E-state index contributed by atoms with van der Waals surface area (Å²) in [5.41, 5.74) is 1.72. The fraction of sp³-hybridized carbons (Fsp3) is 0.263. The van der Waals surface area contributed by atoms with E-state index >= 15 is 0 Å². The number of hydrogen-bond donors (Lipinski definition) is 2. The van der Waals surface area contributed by atoms with Crippen LogP contribution < -0.4 is 10.6 Å². The summed E-state index contributed by atoms with van der Waals surface area (Å²) in [6.07, 6.45) is 0. The van der Waals surface area contributed by atoms with Crippen molar-refractivity contribution < 1.29 is 14.0 Å². The molecule has 0 bridgehead atoms. The summed E-state index contributed by atoms with van der Waals surface area (Å²) in [5.74, 6) is -1.23. The van der Waals surface area contributed by atoms with Crippen LogP contribution in [0, 0.1) is 18.7 Å². The van der Waals surface area contributed by atoms with Crippen molar-refractivity contribution in [2.24, 2.45) is 5.92 Å². The molecule has 0 fully saturated rings. The molecule has 2 aromatic carbocycles. The van der Waals surface area contributed by atoms with Crippen molar-refractivity contribution in [3.8, 4) is 0 Å².